The fourth-order valence-electron chi connectivity index (χ4n) is 4.69. The largest absolute Gasteiger partial charge is 0.284 e. The van der Waals surface area contributed by atoms with Gasteiger partial charge in [-0.15, -0.1) is 5.54 Å². The maximum atomic E-state index is 14.0. The lowest BCUT2D eigenvalue weighted by Crippen LogP contribution is -2.23. The SMILES string of the molecule is CC1=C(c2ccc([N+](=O)[O-])c(C#C[Si](C)(C)C)c2)C(=O)n2nc(-c3ccccc3)c(-c3ccccc3)c2C1. The molecule has 0 aliphatic carbocycles. The molecule has 1 aliphatic rings. The first kappa shape index (κ1) is 25.1. The normalized spacial score (nSPS) is 13.1. The molecule has 0 fully saturated rings. The van der Waals surface area contributed by atoms with Crippen molar-refractivity contribution in [1.29, 1.82) is 0 Å². The summed E-state index contributed by atoms with van der Waals surface area (Å²) in [5, 5.41) is 16.5. The first-order valence-electron chi connectivity index (χ1n) is 12.4. The number of nitro groups is 1. The van der Waals surface area contributed by atoms with Crippen LogP contribution in [0.25, 0.3) is 28.0 Å². The molecule has 3 aromatic carbocycles. The summed E-state index contributed by atoms with van der Waals surface area (Å²) in [7, 11) is -1.77. The van der Waals surface area contributed by atoms with Crippen LogP contribution in [0.2, 0.25) is 19.6 Å². The smallest absolute Gasteiger partial charge is 0.267 e. The Morgan fingerprint density at radius 1 is 0.921 bits per heavy atom. The van der Waals surface area contributed by atoms with Crippen LogP contribution in [0.3, 0.4) is 0 Å². The highest BCUT2D eigenvalue weighted by Crippen LogP contribution is 2.40. The van der Waals surface area contributed by atoms with E-state index in [9.17, 15) is 14.9 Å². The van der Waals surface area contributed by atoms with Gasteiger partial charge >= 0.3 is 0 Å². The van der Waals surface area contributed by atoms with E-state index in [0.717, 1.165) is 33.7 Å². The Morgan fingerprint density at radius 2 is 1.55 bits per heavy atom. The van der Waals surface area contributed by atoms with Crippen LogP contribution >= 0.6 is 0 Å². The summed E-state index contributed by atoms with van der Waals surface area (Å²) in [6.45, 7) is 8.19. The Balaban J connectivity index is 1.67. The molecular formula is C31H27N3O3Si. The Bertz CT molecular complexity index is 1670. The van der Waals surface area contributed by atoms with E-state index in [1.54, 1.807) is 12.1 Å². The van der Waals surface area contributed by atoms with E-state index in [0.29, 0.717) is 23.1 Å². The lowest BCUT2D eigenvalue weighted by Gasteiger charge is -2.20. The minimum Gasteiger partial charge on any atom is -0.267 e. The Hall–Kier alpha value is -4.54. The molecule has 2 heterocycles. The van der Waals surface area contributed by atoms with Crippen molar-refractivity contribution < 1.29 is 9.72 Å². The second kappa shape index (κ2) is 9.73. The predicted molar refractivity (Wildman–Crippen MR) is 153 cm³/mol. The molecule has 7 heteroatoms. The zero-order chi connectivity index (χ0) is 27.0. The van der Waals surface area contributed by atoms with Gasteiger partial charge in [-0.3, -0.25) is 14.9 Å². The van der Waals surface area contributed by atoms with Gasteiger partial charge in [0, 0.05) is 29.2 Å². The van der Waals surface area contributed by atoms with Crippen molar-refractivity contribution in [2.45, 2.75) is 33.0 Å². The van der Waals surface area contributed by atoms with E-state index < -0.39 is 13.0 Å². The first-order chi connectivity index (χ1) is 18.1. The number of allylic oxidation sites excluding steroid dienone is 2. The Morgan fingerprint density at radius 3 is 2.16 bits per heavy atom. The van der Waals surface area contributed by atoms with E-state index in [1.807, 2.05) is 67.6 Å². The molecule has 0 saturated heterocycles. The van der Waals surface area contributed by atoms with Gasteiger partial charge in [-0.25, -0.2) is 0 Å². The van der Waals surface area contributed by atoms with E-state index in [1.165, 1.54) is 10.7 Å². The summed E-state index contributed by atoms with van der Waals surface area (Å²) in [6.07, 6.45) is 0.526. The number of hydrogen-bond acceptors (Lipinski definition) is 4. The van der Waals surface area contributed by atoms with Crippen LogP contribution in [-0.2, 0) is 6.42 Å². The number of benzene rings is 3. The standard InChI is InChI=1S/C31H27N3O3Si/c1-21-19-27-29(22-11-7-5-8-12-22)30(23-13-9-6-10-14-23)32-33(27)31(35)28(21)25-15-16-26(34(36)37)24(20-25)17-18-38(2,3)4/h5-16,20H,19H2,1-4H3. The van der Waals surface area contributed by atoms with E-state index in [-0.39, 0.29) is 11.6 Å². The maximum absolute atomic E-state index is 14.0. The highest BCUT2D eigenvalue weighted by atomic mass is 28.3. The number of rotatable bonds is 4. The van der Waals surface area contributed by atoms with Gasteiger partial charge in [0.2, 0.25) is 0 Å². The average molecular weight is 518 g/mol. The quantitative estimate of drug-likeness (QED) is 0.126. The van der Waals surface area contributed by atoms with Crippen molar-refractivity contribution in [3.8, 4) is 33.8 Å². The number of carbonyl (C=O) groups excluding carboxylic acids is 1. The fraction of sp³-hybridized carbons (Fsp3) is 0.161. The molecule has 0 bridgehead atoms. The summed E-state index contributed by atoms with van der Waals surface area (Å²) >= 11 is 0. The van der Waals surface area contributed by atoms with Crippen LogP contribution < -0.4 is 0 Å². The third-order valence-electron chi connectivity index (χ3n) is 6.41. The average Bonchev–Trinajstić information content (AvgIpc) is 3.27. The number of carbonyl (C=O) groups is 1. The summed E-state index contributed by atoms with van der Waals surface area (Å²) < 4.78 is 1.50. The molecular weight excluding hydrogens is 490 g/mol. The van der Waals surface area contributed by atoms with Gasteiger partial charge in [0.25, 0.3) is 11.6 Å². The molecule has 6 nitrogen and oxygen atoms in total. The number of hydrogen-bond donors (Lipinski definition) is 0. The molecule has 0 saturated carbocycles. The molecule has 0 atom stereocenters. The van der Waals surface area contributed by atoms with Gasteiger partial charge < -0.3 is 0 Å². The summed E-state index contributed by atoms with van der Waals surface area (Å²) in [6, 6.07) is 24.6. The highest BCUT2D eigenvalue weighted by molar-refractivity contribution is 6.83. The maximum Gasteiger partial charge on any atom is 0.284 e. The lowest BCUT2D eigenvalue weighted by molar-refractivity contribution is -0.385. The van der Waals surface area contributed by atoms with Crippen molar-refractivity contribution in [2.75, 3.05) is 0 Å². The van der Waals surface area contributed by atoms with Crippen LogP contribution in [0, 0.1) is 21.6 Å². The monoisotopic (exact) mass is 517 g/mol. The van der Waals surface area contributed by atoms with Gasteiger partial charge in [-0.05, 0) is 30.2 Å². The third-order valence-corrected chi connectivity index (χ3v) is 7.29. The molecule has 1 aromatic heterocycles. The molecule has 188 valence electrons. The number of nitrogens with zero attached hydrogens (tertiary/aromatic N) is 3. The van der Waals surface area contributed by atoms with Crippen molar-refractivity contribution >= 4 is 25.2 Å². The minimum atomic E-state index is -1.77. The summed E-state index contributed by atoms with van der Waals surface area (Å²) in [5.74, 6) is 2.78. The second-order valence-corrected chi connectivity index (χ2v) is 15.2. The zero-order valence-corrected chi connectivity index (χ0v) is 22.8. The van der Waals surface area contributed by atoms with E-state index in [2.05, 4.69) is 31.1 Å². The summed E-state index contributed by atoms with van der Waals surface area (Å²) in [5.41, 5.74) is 9.93. The van der Waals surface area contributed by atoms with E-state index >= 15 is 0 Å². The lowest BCUT2D eigenvalue weighted by atomic mass is 9.90. The molecule has 5 rings (SSSR count). The third kappa shape index (κ3) is 4.74. The zero-order valence-electron chi connectivity index (χ0n) is 21.8. The molecule has 38 heavy (non-hydrogen) atoms. The van der Waals surface area contributed by atoms with Crippen LogP contribution in [-0.4, -0.2) is 28.7 Å². The van der Waals surface area contributed by atoms with Crippen molar-refractivity contribution in [3.05, 3.63) is 111 Å². The molecule has 0 amide bonds. The van der Waals surface area contributed by atoms with Crippen molar-refractivity contribution in [1.82, 2.24) is 9.78 Å². The van der Waals surface area contributed by atoms with Crippen LogP contribution in [0.5, 0.6) is 0 Å². The van der Waals surface area contributed by atoms with Crippen molar-refractivity contribution in [3.63, 3.8) is 0 Å². The first-order valence-corrected chi connectivity index (χ1v) is 15.9. The Labute approximate surface area is 222 Å². The number of nitro benzene ring substituents is 1. The van der Waals surface area contributed by atoms with Gasteiger partial charge in [-0.1, -0.05) is 91.8 Å². The second-order valence-electron chi connectivity index (χ2n) is 10.4. The van der Waals surface area contributed by atoms with Gasteiger partial charge in [-0.2, -0.15) is 9.78 Å². The molecule has 0 unspecified atom stereocenters. The van der Waals surface area contributed by atoms with Crippen LogP contribution in [0.15, 0.2) is 84.4 Å². The highest BCUT2D eigenvalue weighted by Gasteiger charge is 2.32. The number of aromatic nitrogens is 2. The van der Waals surface area contributed by atoms with E-state index in [4.69, 9.17) is 5.10 Å². The summed E-state index contributed by atoms with van der Waals surface area (Å²) in [4.78, 5) is 25.2. The van der Waals surface area contributed by atoms with Crippen LogP contribution in [0.1, 0.15) is 28.5 Å². The predicted octanol–water partition coefficient (Wildman–Crippen LogP) is 7.02. The minimum absolute atomic E-state index is 0.0569. The fourth-order valence-corrected chi connectivity index (χ4v) is 5.20. The van der Waals surface area contributed by atoms with Gasteiger partial charge in [0.05, 0.1) is 10.6 Å². The van der Waals surface area contributed by atoms with Crippen LogP contribution in [0.4, 0.5) is 5.69 Å². The molecule has 4 aromatic rings. The Kier molecular flexibility index (Phi) is 6.43. The van der Waals surface area contributed by atoms with Gasteiger partial charge in [0.1, 0.15) is 19.3 Å². The molecule has 0 radical (unpaired) electrons. The molecule has 0 spiro atoms. The van der Waals surface area contributed by atoms with Gasteiger partial charge in [0.15, 0.2) is 0 Å². The topological polar surface area (TPSA) is 78.0 Å². The molecule has 1 aliphatic heterocycles. The molecule has 0 N–H and O–H groups in total. The number of fused-ring (bicyclic) bond motifs is 1. The van der Waals surface area contributed by atoms with Crippen molar-refractivity contribution in [2.24, 2.45) is 0 Å².